The fourth-order valence-electron chi connectivity index (χ4n) is 2.13. The minimum Gasteiger partial charge on any atom is -0.463 e. The summed E-state index contributed by atoms with van der Waals surface area (Å²) in [6, 6.07) is 9.96. The first-order valence-corrected chi connectivity index (χ1v) is 7.70. The van der Waals surface area contributed by atoms with Gasteiger partial charge in [-0.3, -0.25) is 0 Å². The van der Waals surface area contributed by atoms with Crippen LogP contribution in [-0.2, 0) is 9.53 Å². The van der Waals surface area contributed by atoms with Crippen LogP contribution in [0, 0.1) is 0 Å². The van der Waals surface area contributed by atoms with Crippen molar-refractivity contribution in [2.75, 3.05) is 6.61 Å². The van der Waals surface area contributed by atoms with Gasteiger partial charge in [-0.15, -0.1) is 0 Å². The molecule has 2 heteroatoms. The van der Waals surface area contributed by atoms with Crippen LogP contribution in [-0.4, -0.2) is 12.6 Å². The Kier molecular flexibility index (Phi) is 8.44. The molecule has 0 fully saturated rings. The van der Waals surface area contributed by atoms with E-state index < -0.39 is 0 Å². The first-order valence-electron chi connectivity index (χ1n) is 7.70. The number of hydrogen-bond acceptors (Lipinski definition) is 2. The SMILES string of the molecule is CCCCCCC/C(=C\c1ccccc1)C(=O)OCC. The topological polar surface area (TPSA) is 26.3 Å². The van der Waals surface area contributed by atoms with Crippen LogP contribution in [0.5, 0.6) is 0 Å². The fourth-order valence-corrected chi connectivity index (χ4v) is 2.13. The summed E-state index contributed by atoms with van der Waals surface area (Å²) < 4.78 is 5.15. The van der Waals surface area contributed by atoms with E-state index in [1.807, 2.05) is 43.3 Å². The van der Waals surface area contributed by atoms with Crippen LogP contribution >= 0.6 is 0 Å². The predicted octanol–water partition coefficient (Wildman–Crippen LogP) is 4.99. The summed E-state index contributed by atoms with van der Waals surface area (Å²) in [7, 11) is 0. The Morgan fingerprint density at radius 3 is 2.40 bits per heavy atom. The Labute approximate surface area is 122 Å². The Balaban J connectivity index is 2.61. The van der Waals surface area contributed by atoms with Crippen LogP contribution in [0.1, 0.15) is 57.9 Å². The lowest BCUT2D eigenvalue weighted by Gasteiger charge is -2.07. The highest BCUT2D eigenvalue weighted by molar-refractivity contribution is 5.93. The van der Waals surface area contributed by atoms with Gasteiger partial charge in [0.05, 0.1) is 6.61 Å². The summed E-state index contributed by atoms with van der Waals surface area (Å²) in [6.07, 6.45) is 8.76. The van der Waals surface area contributed by atoms with E-state index in [9.17, 15) is 4.79 Å². The summed E-state index contributed by atoms with van der Waals surface area (Å²) in [5, 5.41) is 0. The van der Waals surface area contributed by atoms with Gasteiger partial charge in [-0.25, -0.2) is 4.79 Å². The summed E-state index contributed by atoms with van der Waals surface area (Å²) in [5.74, 6) is -0.174. The molecular weight excluding hydrogens is 248 g/mol. The van der Waals surface area contributed by atoms with Crippen LogP contribution in [0.2, 0.25) is 0 Å². The summed E-state index contributed by atoms with van der Waals surface area (Å²) in [5.41, 5.74) is 1.85. The second-order valence-corrected chi connectivity index (χ2v) is 4.96. The van der Waals surface area contributed by atoms with Gasteiger partial charge in [-0.1, -0.05) is 62.9 Å². The van der Waals surface area contributed by atoms with Gasteiger partial charge in [-0.05, 0) is 31.4 Å². The third kappa shape index (κ3) is 6.55. The highest BCUT2D eigenvalue weighted by Gasteiger charge is 2.10. The monoisotopic (exact) mass is 274 g/mol. The van der Waals surface area contributed by atoms with Gasteiger partial charge in [-0.2, -0.15) is 0 Å². The number of esters is 1. The molecule has 1 aromatic rings. The summed E-state index contributed by atoms with van der Waals surface area (Å²) in [6.45, 7) is 4.49. The summed E-state index contributed by atoms with van der Waals surface area (Å²) >= 11 is 0. The van der Waals surface area contributed by atoms with Crippen molar-refractivity contribution in [1.29, 1.82) is 0 Å². The molecule has 2 nitrogen and oxygen atoms in total. The first-order chi connectivity index (χ1) is 9.77. The Morgan fingerprint density at radius 2 is 1.75 bits per heavy atom. The molecule has 0 N–H and O–H groups in total. The zero-order chi connectivity index (χ0) is 14.6. The van der Waals surface area contributed by atoms with E-state index in [-0.39, 0.29) is 5.97 Å². The van der Waals surface area contributed by atoms with Gasteiger partial charge in [0.15, 0.2) is 0 Å². The lowest BCUT2D eigenvalue weighted by molar-refractivity contribution is -0.138. The summed E-state index contributed by atoms with van der Waals surface area (Å²) in [4.78, 5) is 12.0. The zero-order valence-electron chi connectivity index (χ0n) is 12.7. The highest BCUT2D eigenvalue weighted by Crippen LogP contribution is 2.16. The van der Waals surface area contributed by atoms with E-state index in [0.717, 1.165) is 24.0 Å². The van der Waals surface area contributed by atoms with Crippen molar-refractivity contribution >= 4 is 12.0 Å². The van der Waals surface area contributed by atoms with Crippen molar-refractivity contribution in [3.05, 3.63) is 41.5 Å². The number of carbonyl (C=O) groups is 1. The van der Waals surface area contributed by atoms with Crippen LogP contribution < -0.4 is 0 Å². The third-order valence-corrected chi connectivity index (χ3v) is 3.23. The molecule has 0 spiro atoms. The molecule has 0 atom stereocenters. The standard InChI is InChI=1S/C18H26O2/c1-3-5-6-7-11-14-17(18(19)20-4-2)15-16-12-9-8-10-13-16/h8-10,12-13,15H,3-7,11,14H2,1-2H3/b17-15+. The lowest BCUT2D eigenvalue weighted by atomic mass is 10.0. The molecule has 20 heavy (non-hydrogen) atoms. The van der Waals surface area contributed by atoms with Crippen LogP contribution in [0.25, 0.3) is 6.08 Å². The Bertz CT molecular complexity index is 407. The molecule has 0 bridgehead atoms. The number of benzene rings is 1. The van der Waals surface area contributed by atoms with Gasteiger partial charge in [0.2, 0.25) is 0 Å². The second kappa shape index (κ2) is 10.2. The largest absolute Gasteiger partial charge is 0.463 e. The van der Waals surface area contributed by atoms with Crippen molar-refractivity contribution in [2.45, 2.75) is 52.4 Å². The number of unbranched alkanes of at least 4 members (excludes halogenated alkanes) is 4. The predicted molar refractivity (Wildman–Crippen MR) is 84.4 cm³/mol. The molecule has 1 aromatic carbocycles. The molecule has 0 aliphatic heterocycles. The number of ether oxygens (including phenoxy) is 1. The van der Waals surface area contributed by atoms with Crippen LogP contribution in [0.3, 0.4) is 0 Å². The maximum absolute atomic E-state index is 12.0. The van der Waals surface area contributed by atoms with Gasteiger partial charge >= 0.3 is 5.97 Å². The van der Waals surface area contributed by atoms with Crippen molar-refractivity contribution in [2.24, 2.45) is 0 Å². The van der Waals surface area contributed by atoms with E-state index in [1.54, 1.807) is 0 Å². The van der Waals surface area contributed by atoms with Crippen molar-refractivity contribution in [3.8, 4) is 0 Å². The molecule has 0 saturated heterocycles. The molecule has 0 aliphatic rings. The fraction of sp³-hybridized carbons (Fsp3) is 0.500. The van der Waals surface area contributed by atoms with Crippen molar-refractivity contribution in [3.63, 3.8) is 0 Å². The van der Waals surface area contributed by atoms with Gasteiger partial charge in [0, 0.05) is 5.57 Å². The zero-order valence-corrected chi connectivity index (χ0v) is 12.7. The van der Waals surface area contributed by atoms with E-state index in [2.05, 4.69) is 6.92 Å². The van der Waals surface area contributed by atoms with E-state index in [1.165, 1.54) is 25.7 Å². The molecular formula is C18H26O2. The number of carbonyl (C=O) groups excluding carboxylic acids is 1. The Hall–Kier alpha value is -1.57. The maximum atomic E-state index is 12.0. The average Bonchev–Trinajstić information content (AvgIpc) is 2.47. The number of hydrogen-bond donors (Lipinski definition) is 0. The first kappa shape index (κ1) is 16.5. The van der Waals surface area contributed by atoms with Crippen molar-refractivity contribution in [1.82, 2.24) is 0 Å². The minimum atomic E-state index is -0.174. The molecule has 0 heterocycles. The van der Waals surface area contributed by atoms with Crippen LogP contribution in [0.15, 0.2) is 35.9 Å². The molecule has 0 amide bonds. The van der Waals surface area contributed by atoms with Gasteiger partial charge < -0.3 is 4.74 Å². The molecule has 1 rings (SSSR count). The Morgan fingerprint density at radius 1 is 1.05 bits per heavy atom. The molecule has 0 radical (unpaired) electrons. The number of rotatable bonds is 9. The van der Waals surface area contributed by atoms with E-state index >= 15 is 0 Å². The smallest absolute Gasteiger partial charge is 0.334 e. The van der Waals surface area contributed by atoms with E-state index in [0.29, 0.717) is 6.61 Å². The molecule has 0 aliphatic carbocycles. The normalized spacial score (nSPS) is 11.4. The molecule has 110 valence electrons. The highest BCUT2D eigenvalue weighted by atomic mass is 16.5. The lowest BCUT2D eigenvalue weighted by Crippen LogP contribution is -2.07. The van der Waals surface area contributed by atoms with Crippen LogP contribution in [0.4, 0.5) is 0 Å². The average molecular weight is 274 g/mol. The second-order valence-electron chi connectivity index (χ2n) is 4.96. The molecule has 0 aromatic heterocycles. The molecule has 0 unspecified atom stereocenters. The van der Waals surface area contributed by atoms with Crippen molar-refractivity contribution < 1.29 is 9.53 Å². The van der Waals surface area contributed by atoms with E-state index in [4.69, 9.17) is 4.74 Å². The van der Waals surface area contributed by atoms with Gasteiger partial charge in [0.25, 0.3) is 0 Å². The van der Waals surface area contributed by atoms with Gasteiger partial charge in [0.1, 0.15) is 0 Å². The minimum absolute atomic E-state index is 0.174. The maximum Gasteiger partial charge on any atom is 0.334 e. The third-order valence-electron chi connectivity index (χ3n) is 3.23. The quantitative estimate of drug-likeness (QED) is 0.360. The molecule has 0 saturated carbocycles.